The Balaban J connectivity index is 2.01. The number of amides is 5. The van der Waals surface area contributed by atoms with Crippen molar-refractivity contribution in [2.45, 2.75) is 32.4 Å². The molecule has 1 aliphatic rings. The zero-order valence-corrected chi connectivity index (χ0v) is 12.1. The Labute approximate surface area is 122 Å². The van der Waals surface area contributed by atoms with Gasteiger partial charge in [-0.3, -0.25) is 10.1 Å². The molecule has 1 fully saturated rings. The summed E-state index contributed by atoms with van der Waals surface area (Å²) in [5.74, 6) is -0.383. The predicted octanol–water partition coefficient (Wildman–Crippen LogP) is 1.49. The van der Waals surface area contributed by atoms with E-state index in [1.807, 2.05) is 20.8 Å². The molecule has 1 heterocycles. The van der Waals surface area contributed by atoms with Crippen LogP contribution in [0.5, 0.6) is 0 Å². The smallest absolute Gasteiger partial charge is 0.322 e. The first kappa shape index (κ1) is 14.8. The highest BCUT2D eigenvalue weighted by molar-refractivity contribution is 6.04. The van der Waals surface area contributed by atoms with Gasteiger partial charge >= 0.3 is 12.1 Å². The first-order valence-corrected chi connectivity index (χ1v) is 6.55. The fourth-order valence-electron chi connectivity index (χ4n) is 1.91. The molecule has 4 N–H and O–H groups in total. The highest BCUT2D eigenvalue weighted by atomic mass is 16.2. The highest BCUT2D eigenvalue weighted by Gasteiger charge is 2.30. The molecule has 21 heavy (non-hydrogen) atoms. The van der Waals surface area contributed by atoms with Crippen LogP contribution in [0.4, 0.5) is 15.3 Å². The molecule has 0 spiro atoms. The van der Waals surface area contributed by atoms with E-state index < -0.39 is 12.1 Å². The molecule has 0 saturated carbocycles. The van der Waals surface area contributed by atoms with Crippen LogP contribution in [0, 0.1) is 0 Å². The fourth-order valence-corrected chi connectivity index (χ4v) is 1.91. The second-order valence-corrected chi connectivity index (χ2v) is 5.85. The van der Waals surface area contributed by atoms with Gasteiger partial charge in [0.05, 0.1) is 0 Å². The first-order valence-electron chi connectivity index (χ1n) is 6.55. The SMILES string of the molecule is CC(C)(C)NC(=O)Nc1ccc(C2NC(=O)NC2=O)cc1. The minimum Gasteiger partial charge on any atom is -0.333 e. The van der Waals surface area contributed by atoms with Gasteiger partial charge in [0.2, 0.25) is 0 Å². The standard InChI is InChI=1S/C14H18N4O3/c1-14(2,3)18-13(21)15-9-6-4-8(5-7-9)10-11(19)17-12(20)16-10/h4-7,10H,1-3H3,(H2,15,18,21)(H2,16,17,19,20). The maximum absolute atomic E-state index is 11.7. The van der Waals surface area contributed by atoms with E-state index in [1.54, 1.807) is 24.3 Å². The number of carbonyl (C=O) groups excluding carboxylic acids is 3. The molecule has 112 valence electrons. The van der Waals surface area contributed by atoms with Gasteiger partial charge in [-0.25, -0.2) is 9.59 Å². The Morgan fingerprint density at radius 3 is 2.24 bits per heavy atom. The summed E-state index contributed by atoms with van der Waals surface area (Å²) >= 11 is 0. The zero-order chi connectivity index (χ0) is 15.6. The van der Waals surface area contributed by atoms with Gasteiger partial charge in [-0.1, -0.05) is 12.1 Å². The average molecular weight is 290 g/mol. The lowest BCUT2D eigenvalue weighted by atomic mass is 10.1. The van der Waals surface area contributed by atoms with E-state index >= 15 is 0 Å². The summed E-state index contributed by atoms with van der Waals surface area (Å²) in [4.78, 5) is 34.3. The summed E-state index contributed by atoms with van der Waals surface area (Å²) < 4.78 is 0. The molecule has 5 amide bonds. The van der Waals surface area contributed by atoms with Gasteiger partial charge < -0.3 is 16.0 Å². The van der Waals surface area contributed by atoms with Crippen LogP contribution >= 0.6 is 0 Å². The monoisotopic (exact) mass is 290 g/mol. The molecular weight excluding hydrogens is 272 g/mol. The maximum Gasteiger partial charge on any atom is 0.322 e. The number of benzene rings is 1. The molecule has 1 unspecified atom stereocenters. The summed E-state index contributed by atoms with van der Waals surface area (Å²) in [6.07, 6.45) is 0. The predicted molar refractivity (Wildman–Crippen MR) is 77.8 cm³/mol. The summed E-state index contributed by atoms with van der Waals surface area (Å²) in [6, 6.07) is 5.23. The first-order chi connectivity index (χ1) is 9.74. The number of hydrogen-bond acceptors (Lipinski definition) is 3. The number of nitrogens with one attached hydrogen (secondary N) is 4. The van der Waals surface area contributed by atoms with Crippen molar-refractivity contribution in [2.24, 2.45) is 0 Å². The molecular formula is C14H18N4O3. The largest absolute Gasteiger partial charge is 0.333 e. The van der Waals surface area contributed by atoms with Gasteiger partial charge in [-0.05, 0) is 38.5 Å². The number of carbonyl (C=O) groups is 3. The lowest BCUT2D eigenvalue weighted by molar-refractivity contribution is -0.120. The number of hydrogen-bond donors (Lipinski definition) is 4. The van der Waals surface area contributed by atoms with Crippen LogP contribution in [0.2, 0.25) is 0 Å². The van der Waals surface area contributed by atoms with E-state index in [4.69, 9.17) is 0 Å². The molecule has 0 aromatic heterocycles. The number of rotatable bonds is 2. The fraction of sp³-hybridized carbons (Fsp3) is 0.357. The Morgan fingerprint density at radius 1 is 1.14 bits per heavy atom. The quantitative estimate of drug-likeness (QED) is 0.621. The van der Waals surface area contributed by atoms with E-state index in [2.05, 4.69) is 21.3 Å². The van der Waals surface area contributed by atoms with Crippen molar-refractivity contribution in [3.8, 4) is 0 Å². The van der Waals surface area contributed by atoms with E-state index in [0.717, 1.165) is 0 Å². The van der Waals surface area contributed by atoms with Crippen LogP contribution in [0.3, 0.4) is 0 Å². The zero-order valence-electron chi connectivity index (χ0n) is 12.1. The summed E-state index contributed by atoms with van der Waals surface area (Å²) in [7, 11) is 0. The Bertz CT molecular complexity index is 575. The van der Waals surface area contributed by atoms with Gasteiger partial charge in [0, 0.05) is 11.2 Å². The Kier molecular flexibility index (Phi) is 3.84. The summed E-state index contributed by atoms with van der Waals surface area (Å²) in [5, 5.41) is 10.2. The van der Waals surface area contributed by atoms with Gasteiger partial charge in [-0.2, -0.15) is 0 Å². The second kappa shape index (κ2) is 5.43. The lowest BCUT2D eigenvalue weighted by Crippen LogP contribution is -2.43. The van der Waals surface area contributed by atoms with E-state index in [1.165, 1.54) is 0 Å². The average Bonchev–Trinajstić information content (AvgIpc) is 2.67. The molecule has 1 saturated heterocycles. The van der Waals surface area contributed by atoms with Gasteiger partial charge in [0.25, 0.3) is 5.91 Å². The molecule has 7 nitrogen and oxygen atoms in total. The topological polar surface area (TPSA) is 99.3 Å². The van der Waals surface area contributed by atoms with E-state index in [-0.39, 0.29) is 17.5 Å². The highest BCUT2D eigenvalue weighted by Crippen LogP contribution is 2.19. The third-order valence-electron chi connectivity index (χ3n) is 2.76. The molecule has 7 heteroatoms. The van der Waals surface area contributed by atoms with Crippen molar-refractivity contribution in [1.29, 1.82) is 0 Å². The van der Waals surface area contributed by atoms with Gasteiger partial charge in [-0.15, -0.1) is 0 Å². The van der Waals surface area contributed by atoms with Crippen molar-refractivity contribution in [3.05, 3.63) is 29.8 Å². The molecule has 0 bridgehead atoms. The van der Waals surface area contributed by atoms with Gasteiger partial charge in [0.15, 0.2) is 0 Å². The molecule has 1 aliphatic heterocycles. The van der Waals surface area contributed by atoms with Crippen molar-refractivity contribution >= 4 is 23.7 Å². The normalized spacial score (nSPS) is 18.0. The molecule has 1 aromatic rings. The Morgan fingerprint density at radius 2 is 1.76 bits per heavy atom. The lowest BCUT2D eigenvalue weighted by Gasteiger charge is -2.20. The second-order valence-electron chi connectivity index (χ2n) is 5.85. The van der Waals surface area contributed by atoms with E-state index in [0.29, 0.717) is 11.3 Å². The maximum atomic E-state index is 11.7. The van der Waals surface area contributed by atoms with Gasteiger partial charge in [0.1, 0.15) is 6.04 Å². The minimum absolute atomic E-state index is 0.304. The van der Waals surface area contributed by atoms with Crippen molar-refractivity contribution in [1.82, 2.24) is 16.0 Å². The number of imide groups is 1. The van der Waals surface area contributed by atoms with Crippen molar-refractivity contribution in [3.63, 3.8) is 0 Å². The van der Waals surface area contributed by atoms with Crippen LogP contribution in [0.1, 0.15) is 32.4 Å². The summed E-state index contributed by atoms with van der Waals surface area (Å²) in [5.41, 5.74) is 0.932. The van der Waals surface area contributed by atoms with Crippen molar-refractivity contribution < 1.29 is 14.4 Å². The Hall–Kier alpha value is -2.57. The van der Waals surface area contributed by atoms with Crippen LogP contribution in [-0.2, 0) is 4.79 Å². The minimum atomic E-state index is -0.685. The van der Waals surface area contributed by atoms with Crippen LogP contribution in [-0.4, -0.2) is 23.5 Å². The van der Waals surface area contributed by atoms with E-state index in [9.17, 15) is 14.4 Å². The molecule has 1 aromatic carbocycles. The number of urea groups is 2. The molecule has 0 radical (unpaired) electrons. The third-order valence-corrected chi connectivity index (χ3v) is 2.76. The molecule has 1 atom stereocenters. The van der Waals surface area contributed by atoms with Crippen molar-refractivity contribution in [2.75, 3.05) is 5.32 Å². The third kappa shape index (κ3) is 3.95. The number of anilines is 1. The van der Waals surface area contributed by atoms with Crippen LogP contribution < -0.4 is 21.3 Å². The van der Waals surface area contributed by atoms with Crippen LogP contribution in [0.15, 0.2) is 24.3 Å². The molecule has 2 rings (SSSR count). The summed E-state index contributed by atoms with van der Waals surface area (Å²) in [6.45, 7) is 5.66. The molecule has 0 aliphatic carbocycles. The van der Waals surface area contributed by atoms with Crippen LogP contribution in [0.25, 0.3) is 0 Å².